The first-order valence-electron chi connectivity index (χ1n) is 8.77. The molecule has 4 N–H and O–H groups in total. The number of hydrogen-bond donors (Lipinski definition) is 4. The third kappa shape index (κ3) is 5.73. The number of ether oxygens (including phenoxy) is 1. The zero-order chi connectivity index (χ0) is 22.5. The van der Waals surface area contributed by atoms with Crippen LogP contribution in [0.5, 0.6) is 11.5 Å². The number of nitrogens with zero attached hydrogens (tertiary/aromatic N) is 3. The van der Waals surface area contributed by atoms with Gasteiger partial charge in [0, 0.05) is 13.1 Å². The summed E-state index contributed by atoms with van der Waals surface area (Å²) in [6.07, 6.45) is 0.0707. The molecule has 0 unspecified atom stereocenters. The first-order chi connectivity index (χ1) is 14.7. The molecular formula is C19H17FN6O4S. The Morgan fingerprint density at radius 1 is 1.16 bits per heavy atom. The zero-order valence-corrected chi connectivity index (χ0v) is 17.2. The molecule has 10 nitrogen and oxygen atoms in total. The maximum absolute atomic E-state index is 14.2. The van der Waals surface area contributed by atoms with Gasteiger partial charge >= 0.3 is 6.09 Å². The molecule has 2 heterocycles. The highest BCUT2D eigenvalue weighted by atomic mass is 32.1. The van der Waals surface area contributed by atoms with E-state index in [1.54, 1.807) is 26.1 Å². The van der Waals surface area contributed by atoms with Gasteiger partial charge in [0.1, 0.15) is 28.8 Å². The number of rotatable bonds is 5. The van der Waals surface area contributed by atoms with Crippen LogP contribution in [0.2, 0.25) is 0 Å². The fourth-order valence-corrected chi connectivity index (χ4v) is 2.76. The van der Waals surface area contributed by atoms with Gasteiger partial charge in [-0.1, -0.05) is 0 Å². The van der Waals surface area contributed by atoms with Gasteiger partial charge in [0.05, 0.1) is 17.6 Å². The summed E-state index contributed by atoms with van der Waals surface area (Å²) in [7, 11) is 1.62. The lowest BCUT2D eigenvalue weighted by atomic mass is 10.2. The number of nitrogens with one attached hydrogen (secondary N) is 3. The zero-order valence-electron chi connectivity index (χ0n) is 16.3. The molecule has 0 aliphatic rings. The number of aryl methyl sites for hydroxylation is 2. The predicted molar refractivity (Wildman–Crippen MR) is 114 cm³/mol. The van der Waals surface area contributed by atoms with E-state index >= 15 is 0 Å². The number of aromatic nitrogens is 3. The van der Waals surface area contributed by atoms with Crippen molar-refractivity contribution in [3.8, 4) is 11.5 Å². The Morgan fingerprint density at radius 3 is 2.52 bits per heavy atom. The van der Waals surface area contributed by atoms with E-state index in [0.717, 1.165) is 0 Å². The lowest BCUT2D eigenvalue weighted by molar-refractivity contribution is 0.101. The van der Waals surface area contributed by atoms with E-state index in [0.29, 0.717) is 17.3 Å². The highest BCUT2D eigenvalue weighted by Gasteiger charge is 2.15. The molecule has 12 heteroatoms. The fourth-order valence-electron chi connectivity index (χ4n) is 2.57. The van der Waals surface area contributed by atoms with Crippen LogP contribution in [0.25, 0.3) is 0 Å². The van der Waals surface area contributed by atoms with Crippen molar-refractivity contribution in [3.63, 3.8) is 0 Å². The van der Waals surface area contributed by atoms with E-state index in [9.17, 15) is 14.0 Å². The van der Waals surface area contributed by atoms with Crippen molar-refractivity contribution in [3.05, 3.63) is 59.8 Å². The summed E-state index contributed by atoms with van der Waals surface area (Å²) in [5.74, 6) is -0.249. The van der Waals surface area contributed by atoms with Gasteiger partial charge in [-0.05, 0) is 49.5 Å². The molecule has 0 atom stereocenters. The van der Waals surface area contributed by atoms with Crippen molar-refractivity contribution in [2.45, 2.75) is 6.92 Å². The van der Waals surface area contributed by atoms with Crippen molar-refractivity contribution in [1.29, 1.82) is 0 Å². The summed E-state index contributed by atoms with van der Waals surface area (Å²) in [6.45, 7) is 1.75. The van der Waals surface area contributed by atoms with E-state index in [-0.39, 0.29) is 22.2 Å². The standard InChI is InChI=1S/C19H17FN6O4S/c1-10-7-15(26(2)25-10)17(27)22-14-8-11(3-5-13(14)20)30-12-4-6-16(21-9-12)23-18(31)24-19(28)29/h3-9H,1-2H3,(H,22,27)(H,28,29)(H2,21,23,24,31). The number of amides is 2. The molecule has 0 saturated carbocycles. The van der Waals surface area contributed by atoms with Crippen molar-refractivity contribution in [2.75, 3.05) is 10.6 Å². The molecule has 2 aromatic heterocycles. The molecule has 0 bridgehead atoms. The molecule has 0 fully saturated rings. The van der Waals surface area contributed by atoms with Crippen LogP contribution in [0.15, 0.2) is 42.6 Å². The summed E-state index contributed by atoms with van der Waals surface area (Å²) in [5.41, 5.74) is 0.888. The maximum Gasteiger partial charge on any atom is 0.410 e. The summed E-state index contributed by atoms with van der Waals surface area (Å²) >= 11 is 4.81. The van der Waals surface area contributed by atoms with Crippen molar-refractivity contribution in [2.24, 2.45) is 7.05 Å². The largest absolute Gasteiger partial charge is 0.465 e. The van der Waals surface area contributed by atoms with E-state index in [1.165, 1.54) is 35.1 Å². The second-order valence-electron chi connectivity index (χ2n) is 6.26. The predicted octanol–water partition coefficient (Wildman–Crippen LogP) is 3.27. The molecule has 0 saturated heterocycles. The monoisotopic (exact) mass is 444 g/mol. The third-order valence-corrected chi connectivity index (χ3v) is 4.06. The Hall–Kier alpha value is -4.06. The average Bonchev–Trinajstić information content (AvgIpc) is 3.03. The average molecular weight is 444 g/mol. The van der Waals surface area contributed by atoms with Crippen molar-refractivity contribution < 1.29 is 23.8 Å². The lowest BCUT2D eigenvalue weighted by Crippen LogP contribution is -2.32. The fraction of sp³-hybridized carbons (Fsp3) is 0.105. The molecule has 160 valence electrons. The molecule has 0 radical (unpaired) electrons. The first-order valence-corrected chi connectivity index (χ1v) is 9.18. The highest BCUT2D eigenvalue weighted by molar-refractivity contribution is 7.80. The second-order valence-corrected chi connectivity index (χ2v) is 6.66. The smallest absolute Gasteiger partial charge is 0.410 e. The minimum atomic E-state index is -1.30. The Kier molecular flexibility index (Phi) is 6.40. The minimum absolute atomic E-state index is 0.0577. The van der Waals surface area contributed by atoms with Crippen LogP contribution in [-0.4, -0.2) is 37.0 Å². The summed E-state index contributed by atoms with van der Waals surface area (Å²) in [5, 5.41) is 19.7. The van der Waals surface area contributed by atoms with Gasteiger partial charge in [-0.15, -0.1) is 0 Å². The third-order valence-electron chi connectivity index (χ3n) is 3.85. The van der Waals surface area contributed by atoms with Crippen LogP contribution in [0, 0.1) is 12.7 Å². The Morgan fingerprint density at radius 2 is 1.90 bits per heavy atom. The molecular weight excluding hydrogens is 427 g/mol. The maximum atomic E-state index is 14.2. The molecule has 0 aliphatic heterocycles. The topological polar surface area (TPSA) is 130 Å². The summed E-state index contributed by atoms with van der Waals surface area (Å²) in [4.78, 5) is 27.0. The van der Waals surface area contributed by atoms with E-state index in [4.69, 9.17) is 22.1 Å². The van der Waals surface area contributed by atoms with Crippen LogP contribution >= 0.6 is 12.2 Å². The number of halogens is 1. The number of thiocarbonyl (C=S) groups is 1. The molecule has 3 rings (SSSR count). The highest BCUT2D eigenvalue weighted by Crippen LogP contribution is 2.27. The van der Waals surface area contributed by atoms with Crippen molar-refractivity contribution >= 4 is 40.8 Å². The Balaban J connectivity index is 1.69. The van der Waals surface area contributed by atoms with Gasteiger partial charge in [-0.2, -0.15) is 5.10 Å². The second kappa shape index (κ2) is 9.17. The number of benzene rings is 1. The van der Waals surface area contributed by atoms with Gasteiger partial charge in [0.15, 0.2) is 5.11 Å². The lowest BCUT2D eigenvalue weighted by Gasteiger charge is -2.11. The summed E-state index contributed by atoms with van der Waals surface area (Å²) in [6, 6.07) is 8.57. The number of carbonyl (C=O) groups excluding carboxylic acids is 1. The van der Waals surface area contributed by atoms with Gasteiger partial charge in [-0.3, -0.25) is 14.8 Å². The quantitative estimate of drug-likeness (QED) is 0.441. The van der Waals surface area contributed by atoms with Crippen LogP contribution < -0.4 is 20.7 Å². The molecule has 1 aromatic carbocycles. The van der Waals surface area contributed by atoms with Gasteiger partial charge < -0.3 is 20.5 Å². The molecule has 31 heavy (non-hydrogen) atoms. The Bertz CT molecular complexity index is 1150. The Labute approximate surface area is 181 Å². The van der Waals surface area contributed by atoms with E-state index in [1.807, 2.05) is 5.32 Å². The van der Waals surface area contributed by atoms with E-state index < -0.39 is 17.8 Å². The van der Waals surface area contributed by atoms with Crippen LogP contribution in [0.1, 0.15) is 16.2 Å². The molecule has 0 spiro atoms. The van der Waals surface area contributed by atoms with Gasteiger partial charge in [0.25, 0.3) is 5.91 Å². The number of pyridine rings is 1. The molecule has 2 amide bonds. The van der Waals surface area contributed by atoms with Crippen LogP contribution in [0.3, 0.4) is 0 Å². The SMILES string of the molecule is Cc1cc(C(=O)Nc2cc(Oc3ccc(NC(=S)NC(=O)O)nc3)ccc2F)n(C)n1. The number of carbonyl (C=O) groups is 2. The first kappa shape index (κ1) is 21.6. The molecule has 0 aliphatic carbocycles. The number of hydrogen-bond acceptors (Lipinski definition) is 6. The minimum Gasteiger partial charge on any atom is -0.465 e. The van der Waals surface area contributed by atoms with E-state index in [2.05, 4.69) is 20.7 Å². The van der Waals surface area contributed by atoms with Crippen LogP contribution in [-0.2, 0) is 7.05 Å². The van der Waals surface area contributed by atoms with Crippen LogP contribution in [0.4, 0.5) is 20.7 Å². The van der Waals surface area contributed by atoms with Gasteiger partial charge in [0.2, 0.25) is 0 Å². The number of carboxylic acid groups (broad SMARTS) is 1. The number of anilines is 2. The van der Waals surface area contributed by atoms with Crippen molar-refractivity contribution in [1.82, 2.24) is 20.1 Å². The molecule has 3 aromatic rings. The normalized spacial score (nSPS) is 10.3. The summed E-state index contributed by atoms with van der Waals surface area (Å²) < 4.78 is 21.2. The van der Waals surface area contributed by atoms with Gasteiger partial charge in [-0.25, -0.2) is 14.2 Å².